The summed E-state index contributed by atoms with van der Waals surface area (Å²) in [5.41, 5.74) is 1.81. The Balaban J connectivity index is 2.60. The highest BCUT2D eigenvalue weighted by molar-refractivity contribution is 5.00. The zero-order chi connectivity index (χ0) is 10.8. The SMILES string of the molecule is C=C(C)C1CCC(C)(C(C)C)CNC1. The van der Waals surface area contributed by atoms with E-state index in [1.165, 1.54) is 18.4 Å². The van der Waals surface area contributed by atoms with E-state index < -0.39 is 0 Å². The molecule has 1 aliphatic heterocycles. The average Bonchev–Trinajstić information content (AvgIpc) is 2.28. The van der Waals surface area contributed by atoms with E-state index in [0.717, 1.165) is 19.0 Å². The van der Waals surface area contributed by atoms with Crippen molar-refractivity contribution in [2.75, 3.05) is 13.1 Å². The lowest BCUT2D eigenvalue weighted by molar-refractivity contribution is 0.200. The molecule has 1 rings (SSSR count). The summed E-state index contributed by atoms with van der Waals surface area (Å²) in [6.07, 6.45) is 2.63. The van der Waals surface area contributed by atoms with Crippen LogP contribution >= 0.6 is 0 Å². The molecule has 0 bridgehead atoms. The highest BCUT2D eigenvalue weighted by Crippen LogP contribution is 2.35. The van der Waals surface area contributed by atoms with Gasteiger partial charge in [0.2, 0.25) is 0 Å². The van der Waals surface area contributed by atoms with Crippen molar-refractivity contribution in [3.8, 4) is 0 Å². The van der Waals surface area contributed by atoms with Crippen LogP contribution in [0.1, 0.15) is 40.5 Å². The van der Waals surface area contributed by atoms with Gasteiger partial charge in [0, 0.05) is 13.1 Å². The lowest BCUT2D eigenvalue weighted by Gasteiger charge is -2.32. The summed E-state index contributed by atoms with van der Waals surface area (Å²) in [6, 6.07) is 0. The maximum absolute atomic E-state index is 4.07. The van der Waals surface area contributed by atoms with E-state index in [1.807, 2.05) is 0 Å². The van der Waals surface area contributed by atoms with Crippen molar-refractivity contribution < 1.29 is 0 Å². The molecule has 1 aliphatic rings. The van der Waals surface area contributed by atoms with Crippen molar-refractivity contribution in [2.45, 2.75) is 40.5 Å². The molecule has 0 amide bonds. The van der Waals surface area contributed by atoms with Gasteiger partial charge in [0.1, 0.15) is 0 Å². The molecule has 14 heavy (non-hydrogen) atoms. The molecule has 1 N–H and O–H groups in total. The van der Waals surface area contributed by atoms with Gasteiger partial charge in [0.05, 0.1) is 0 Å². The smallest absolute Gasteiger partial charge is 0.00169 e. The summed E-state index contributed by atoms with van der Waals surface area (Å²) in [5.74, 6) is 1.45. The first-order valence-corrected chi connectivity index (χ1v) is 5.82. The minimum atomic E-state index is 0.476. The third kappa shape index (κ3) is 2.60. The van der Waals surface area contributed by atoms with E-state index in [0.29, 0.717) is 11.3 Å². The molecule has 1 heterocycles. The Kier molecular flexibility index (Phi) is 3.77. The largest absolute Gasteiger partial charge is 0.316 e. The van der Waals surface area contributed by atoms with E-state index in [4.69, 9.17) is 0 Å². The van der Waals surface area contributed by atoms with Crippen LogP contribution < -0.4 is 5.32 Å². The standard InChI is InChI=1S/C13H25N/c1-10(2)12-6-7-13(5,11(3)4)9-14-8-12/h11-12,14H,1,6-9H2,2-5H3. The number of nitrogens with one attached hydrogen (secondary N) is 1. The van der Waals surface area contributed by atoms with Gasteiger partial charge in [0.15, 0.2) is 0 Å². The Morgan fingerprint density at radius 3 is 2.64 bits per heavy atom. The zero-order valence-electron chi connectivity index (χ0n) is 10.2. The zero-order valence-corrected chi connectivity index (χ0v) is 10.2. The molecule has 0 saturated carbocycles. The highest BCUT2D eigenvalue weighted by atomic mass is 14.9. The first kappa shape index (κ1) is 11.8. The second kappa shape index (κ2) is 4.48. The fraction of sp³-hybridized carbons (Fsp3) is 0.846. The Bertz CT molecular complexity index is 207. The van der Waals surface area contributed by atoms with Crippen molar-refractivity contribution in [3.63, 3.8) is 0 Å². The lowest BCUT2D eigenvalue weighted by Crippen LogP contribution is -2.34. The Morgan fingerprint density at radius 1 is 1.50 bits per heavy atom. The van der Waals surface area contributed by atoms with Crippen LogP contribution in [0.4, 0.5) is 0 Å². The molecule has 1 heteroatoms. The van der Waals surface area contributed by atoms with Crippen molar-refractivity contribution in [1.29, 1.82) is 0 Å². The molecule has 1 saturated heterocycles. The van der Waals surface area contributed by atoms with Gasteiger partial charge in [-0.3, -0.25) is 0 Å². The molecule has 0 aromatic rings. The summed E-state index contributed by atoms with van der Waals surface area (Å²) in [5, 5.41) is 3.59. The Morgan fingerprint density at radius 2 is 2.14 bits per heavy atom. The van der Waals surface area contributed by atoms with E-state index in [1.54, 1.807) is 0 Å². The third-order valence-electron chi connectivity index (χ3n) is 4.07. The molecule has 0 aliphatic carbocycles. The molecule has 0 aromatic carbocycles. The molecule has 0 radical (unpaired) electrons. The normalized spacial score (nSPS) is 34.2. The molecular formula is C13H25N. The molecular weight excluding hydrogens is 170 g/mol. The minimum Gasteiger partial charge on any atom is -0.316 e. The first-order chi connectivity index (χ1) is 6.46. The molecule has 0 spiro atoms. The topological polar surface area (TPSA) is 12.0 Å². The van der Waals surface area contributed by atoms with Gasteiger partial charge in [-0.25, -0.2) is 0 Å². The maximum atomic E-state index is 4.07. The van der Waals surface area contributed by atoms with Crippen LogP contribution in [0.3, 0.4) is 0 Å². The number of rotatable bonds is 2. The minimum absolute atomic E-state index is 0.476. The molecule has 2 atom stereocenters. The van der Waals surface area contributed by atoms with Gasteiger partial charge in [-0.15, -0.1) is 0 Å². The van der Waals surface area contributed by atoms with Crippen LogP contribution in [0.15, 0.2) is 12.2 Å². The summed E-state index contributed by atoms with van der Waals surface area (Å²) in [4.78, 5) is 0. The van der Waals surface area contributed by atoms with E-state index in [-0.39, 0.29) is 0 Å². The van der Waals surface area contributed by atoms with E-state index >= 15 is 0 Å². The lowest BCUT2D eigenvalue weighted by atomic mass is 9.75. The molecule has 1 fully saturated rings. The van der Waals surface area contributed by atoms with Crippen molar-refractivity contribution in [1.82, 2.24) is 5.32 Å². The van der Waals surface area contributed by atoms with Crippen LogP contribution in [0.2, 0.25) is 0 Å². The summed E-state index contributed by atoms with van der Waals surface area (Å²) in [7, 11) is 0. The second-order valence-electron chi connectivity index (χ2n) is 5.52. The van der Waals surface area contributed by atoms with Crippen LogP contribution in [0.25, 0.3) is 0 Å². The van der Waals surface area contributed by atoms with Crippen molar-refractivity contribution in [2.24, 2.45) is 17.3 Å². The van der Waals surface area contributed by atoms with Gasteiger partial charge in [-0.05, 0) is 37.0 Å². The Hall–Kier alpha value is -0.300. The predicted molar refractivity (Wildman–Crippen MR) is 63.4 cm³/mol. The molecule has 0 aromatic heterocycles. The van der Waals surface area contributed by atoms with Crippen LogP contribution in [0.5, 0.6) is 0 Å². The van der Waals surface area contributed by atoms with E-state index in [9.17, 15) is 0 Å². The van der Waals surface area contributed by atoms with Gasteiger partial charge in [-0.1, -0.05) is 32.9 Å². The fourth-order valence-electron chi connectivity index (χ4n) is 2.14. The molecule has 1 nitrogen and oxygen atoms in total. The second-order valence-corrected chi connectivity index (χ2v) is 5.52. The number of hydrogen-bond acceptors (Lipinski definition) is 1. The maximum Gasteiger partial charge on any atom is 0.00169 e. The highest BCUT2D eigenvalue weighted by Gasteiger charge is 2.31. The van der Waals surface area contributed by atoms with Gasteiger partial charge in [0.25, 0.3) is 0 Å². The average molecular weight is 195 g/mol. The van der Waals surface area contributed by atoms with Gasteiger partial charge in [-0.2, -0.15) is 0 Å². The van der Waals surface area contributed by atoms with Gasteiger partial charge < -0.3 is 5.32 Å². The van der Waals surface area contributed by atoms with Crippen molar-refractivity contribution in [3.05, 3.63) is 12.2 Å². The predicted octanol–water partition coefficient (Wildman–Crippen LogP) is 3.22. The summed E-state index contributed by atoms with van der Waals surface area (Å²) in [6.45, 7) is 15.6. The fourth-order valence-corrected chi connectivity index (χ4v) is 2.14. The quantitative estimate of drug-likeness (QED) is 0.667. The van der Waals surface area contributed by atoms with E-state index in [2.05, 4.69) is 39.6 Å². The van der Waals surface area contributed by atoms with Crippen molar-refractivity contribution >= 4 is 0 Å². The summed E-state index contributed by atoms with van der Waals surface area (Å²) < 4.78 is 0. The van der Waals surface area contributed by atoms with Crippen LogP contribution in [0, 0.1) is 17.3 Å². The molecule has 82 valence electrons. The third-order valence-corrected chi connectivity index (χ3v) is 4.07. The first-order valence-electron chi connectivity index (χ1n) is 5.82. The number of hydrogen-bond donors (Lipinski definition) is 1. The molecule has 2 unspecified atom stereocenters. The van der Waals surface area contributed by atoms with Crippen LogP contribution in [-0.4, -0.2) is 13.1 Å². The van der Waals surface area contributed by atoms with Gasteiger partial charge >= 0.3 is 0 Å². The Labute approximate surface area is 89.0 Å². The summed E-state index contributed by atoms with van der Waals surface area (Å²) >= 11 is 0. The van der Waals surface area contributed by atoms with Crippen LogP contribution in [-0.2, 0) is 0 Å². The monoisotopic (exact) mass is 195 g/mol.